The number of hydrogen-bond donors (Lipinski definition) is 3. The molecule has 2 rings (SSSR count). The first-order valence-electron chi connectivity index (χ1n) is 8.29. The van der Waals surface area contributed by atoms with Crippen LogP contribution in [0.1, 0.15) is 32.6 Å². The molecule has 1 aromatic rings. The molecule has 6 nitrogen and oxygen atoms in total. The monoisotopic (exact) mass is 374 g/mol. The van der Waals surface area contributed by atoms with E-state index in [9.17, 15) is 22.8 Å². The number of urea groups is 1. The van der Waals surface area contributed by atoms with E-state index < -0.39 is 30.2 Å². The Balaban J connectivity index is 1.92. The fraction of sp³-hybridized carbons (Fsp3) is 0.529. The van der Waals surface area contributed by atoms with Gasteiger partial charge in [0.05, 0.1) is 11.6 Å². The highest BCUT2D eigenvalue weighted by Crippen LogP contribution is 2.30. The minimum absolute atomic E-state index is 0.0814. The van der Waals surface area contributed by atoms with Crippen molar-refractivity contribution in [2.75, 3.05) is 5.32 Å². The first-order chi connectivity index (χ1) is 12.2. The van der Waals surface area contributed by atoms with Crippen molar-refractivity contribution in [3.63, 3.8) is 0 Å². The lowest BCUT2D eigenvalue weighted by atomic mass is 9.86. The topological polar surface area (TPSA) is 87.7 Å². The molecule has 9 heteroatoms. The smallest absolute Gasteiger partial charge is 0.425 e. The second-order valence-corrected chi connectivity index (χ2v) is 6.28. The van der Waals surface area contributed by atoms with Gasteiger partial charge in [0.15, 0.2) is 6.10 Å². The SMILES string of the molecule is CC(Oc1ccccc1NC(=O)NC1CCC(C(=O)O)CC1)C(F)(F)F. The number of rotatable bonds is 5. The third-order valence-corrected chi connectivity index (χ3v) is 4.31. The van der Waals surface area contributed by atoms with Gasteiger partial charge < -0.3 is 20.5 Å². The van der Waals surface area contributed by atoms with E-state index in [1.54, 1.807) is 6.07 Å². The number of halogens is 3. The van der Waals surface area contributed by atoms with Crippen LogP contribution in [-0.2, 0) is 4.79 Å². The summed E-state index contributed by atoms with van der Waals surface area (Å²) in [7, 11) is 0. The van der Waals surface area contributed by atoms with Crippen LogP contribution in [0.25, 0.3) is 0 Å². The largest absolute Gasteiger partial charge is 0.481 e. The number of carbonyl (C=O) groups excluding carboxylic acids is 1. The van der Waals surface area contributed by atoms with Crippen LogP contribution in [0.3, 0.4) is 0 Å². The van der Waals surface area contributed by atoms with Gasteiger partial charge in [0.1, 0.15) is 5.75 Å². The van der Waals surface area contributed by atoms with E-state index in [1.807, 2.05) is 0 Å². The number of carboxylic acid groups (broad SMARTS) is 1. The Hall–Kier alpha value is -2.45. The average Bonchev–Trinajstić information content (AvgIpc) is 2.56. The fourth-order valence-electron chi connectivity index (χ4n) is 2.76. The highest BCUT2D eigenvalue weighted by molar-refractivity contribution is 5.91. The summed E-state index contributed by atoms with van der Waals surface area (Å²) in [5.41, 5.74) is 0.125. The molecule has 1 fully saturated rings. The van der Waals surface area contributed by atoms with Gasteiger partial charge in [-0.25, -0.2) is 4.79 Å². The molecule has 3 N–H and O–H groups in total. The van der Waals surface area contributed by atoms with Crippen molar-refractivity contribution < 1.29 is 32.6 Å². The summed E-state index contributed by atoms with van der Waals surface area (Å²) in [5, 5.41) is 14.2. The molecule has 0 radical (unpaired) electrons. The van der Waals surface area contributed by atoms with Crippen molar-refractivity contribution in [2.24, 2.45) is 5.92 Å². The number of amides is 2. The third kappa shape index (κ3) is 5.53. The highest BCUT2D eigenvalue weighted by Gasteiger charge is 2.38. The van der Waals surface area contributed by atoms with Crippen molar-refractivity contribution in [1.82, 2.24) is 5.32 Å². The molecule has 2 amide bonds. The van der Waals surface area contributed by atoms with E-state index in [0.717, 1.165) is 6.92 Å². The number of carbonyl (C=O) groups is 2. The maximum atomic E-state index is 12.7. The Labute approximate surface area is 148 Å². The standard InChI is InChI=1S/C17H21F3N2O4/c1-10(17(18,19)20)26-14-5-3-2-4-13(14)22-16(25)21-12-8-6-11(7-9-12)15(23)24/h2-5,10-12H,6-9H2,1H3,(H,23,24)(H2,21,22,25). The predicted molar refractivity (Wildman–Crippen MR) is 88.1 cm³/mol. The van der Waals surface area contributed by atoms with Gasteiger partial charge in [0, 0.05) is 6.04 Å². The van der Waals surface area contributed by atoms with Crippen LogP contribution < -0.4 is 15.4 Å². The minimum Gasteiger partial charge on any atom is -0.481 e. The molecule has 1 atom stereocenters. The quantitative estimate of drug-likeness (QED) is 0.732. The van der Waals surface area contributed by atoms with Crippen molar-refractivity contribution in [3.05, 3.63) is 24.3 Å². The summed E-state index contributed by atoms with van der Waals surface area (Å²) in [6.07, 6.45) is -4.51. The summed E-state index contributed by atoms with van der Waals surface area (Å²) < 4.78 is 42.9. The fourth-order valence-corrected chi connectivity index (χ4v) is 2.76. The van der Waals surface area contributed by atoms with E-state index in [2.05, 4.69) is 10.6 Å². The summed E-state index contributed by atoms with van der Waals surface area (Å²) >= 11 is 0. The maximum Gasteiger partial charge on any atom is 0.425 e. The lowest BCUT2D eigenvalue weighted by Crippen LogP contribution is -2.41. The Morgan fingerprint density at radius 1 is 1.19 bits per heavy atom. The molecule has 26 heavy (non-hydrogen) atoms. The molecule has 1 aliphatic rings. The zero-order valence-corrected chi connectivity index (χ0v) is 14.2. The van der Waals surface area contributed by atoms with E-state index >= 15 is 0 Å². The van der Waals surface area contributed by atoms with Crippen LogP contribution >= 0.6 is 0 Å². The van der Waals surface area contributed by atoms with Gasteiger partial charge in [-0.2, -0.15) is 13.2 Å². The summed E-state index contributed by atoms with van der Waals surface area (Å²) in [6, 6.07) is 5.12. The Morgan fingerprint density at radius 2 is 1.81 bits per heavy atom. The van der Waals surface area contributed by atoms with E-state index in [4.69, 9.17) is 9.84 Å². The number of hydrogen-bond acceptors (Lipinski definition) is 3. The number of ether oxygens (including phenoxy) is 1. The minimum atomic E-state index is -4.52. The van der Waals surface area contributed by atoms with E-state index in [0.29, 0.717) is 25.7 Å². The third-order valence-electron chi connectivity index (χ3n) is 4.31. The van der Waals surface area contributed by atoms with Gasteiger partial charge in [-0.05, 0) is 44.7 Å². The Kier molecular flexibility index (Phi) is 6.33. The summed E-state index contributed by atoms with van der Waals surface area (Å²) in [5.74, 6) is -1.31. The van der Waals surface area contributed by atoms with Gasteiger partial charge in [0.2, 0.25) is 0 Å². The number of aliphatic carboxylic acids is 1. The number of benzene rings is 1. The number of alkyl halides is 3. The van der Waals surface area contributed by atoms with Crippen LogP contribution in [-0.4, -0.2) is 35.4 Å². The van der Waals surface area contributed by atoms with Gasteiger partial charge in [-0.3, -0.25) is 4.79 Å². The number of anilines is 1. The van der Waals surface area contributed by atoms with E-state index in [1.165, 1.54) is 18.2 Å². The Bertz CT molecular complexity index is 643. The molecule has 0 bridgehead atoms. The van der Waals surface area contributed by atoms with E-state index in [-0.39, 0.29) is 17.5 Å². The zero-order valence-electron chi connectivity index (χ0n) is 14.2. The van der Waals surface area contributed by atoms with Crippen LogP contribution in [0, 0.1) is 5.92 Å². The normalized spacial score (nSPS) is 21.5. The molecular formula is C17H21F3N2O4. The maximum absolute atomic E-state index is 12.7. The molecule has 0 spiro atoms. The first kappa shape index (κ1) is 19.9. The summed E-state index contributed by atoms with van der Waals surface area (Å²) in [4.78, 5) is 23.0. The molecule has 1 aliphatic carbocycles. The molecular weight excluding hydrogens is 353 g/mol. The van der Waals surface area contributed by atoms with Crippen LogP contribution in [0.2, 0.25) is 0 Å². The number of nitrogens with one attached hydrogen (secondary N) is 2. The lowest BCUT2D eigenvalue weighted by molar-refractivity contribution is -0.189. The highest BCUT2D eigenvalue weighted by atomic mass is 19.4. The average molecular weight is 374 g/mol. The first-order valence-corrected chi connectivity index (χ1v) is 8.29. The number of carboxylic acids is 1. The second-order valence-electron chi connectivity index (χ2n) is 6.28. The molecule has 0 heterocycles. The summed E-state index contributed by atoms with van der Waals surface area (Å²) in [6.45, 7) is 0.887. The predicted octanol–water partition coefficient (Wildman–Crippen LogP) is 3.78. The molecule has 144 valence electrons. The van der Waals surface area contributed by atoms with Crippen molar-refractivity contribution in [1.29, 1.82) is 0 Å². The van der Waals surface area contributed by atoms with Crippen LogP contribution in [0.4, 0.5) is 23.7 Å². The molecule has 1 saturated carbocycles. The molecule has 1 aromatic carbocycles. The van der Waals surface area contributed by atoms with Crippen molar-refractivity contribution in [2.45, 2.75) is 50.9 Å². The van der Waals surface area contributed by atoms with Crippen molar-refractivity contribution >= 4 is 17.7 Å². The van der Waals surface area contributed by atoms with Crippen LogP contribution in [0.15, 0.2) is 24.3 Å². The molecule has 1 unspecified atom stereocenters. The van der Waals surface area contributed by atoms with Gasteiger partial charge >= 0.3 is 18.2 Å². The second kappa shape index (κ2) is 8.29. The Morgan fingerprint density at radius 3 is 2.38 bits per heavy atom. The molecule has 0 aliphatic heterocycles. The zero-order chi connectivity index (χ0) is 19.3. The van der Waals surface area contributed by atoms with Crippen molar-refractivity contribution in [3.8, 4) is 5.75 Å². The van der Waals surface area contributed by atoms with Gasteiger partial charge in [-0.15, -0.1) is 0 Å². The van der Waals surface area contributed by atoms with Crippen LogP contribution in [0.5, 0.6) is 5.75 Å². The number of para-hydroxylation sites is 2. The lowest BCUT2D eigenvalue weighted by Gasteiger charge is -2.27. The molecule has 0 aromatic heterocycles. The van der Waals surface area contributed by atoms with Gasteiger partial charge in [0.25, 0.3) is 0 Å². The molecule has 0 saturated heterocycles. The van der Waals surface area contributed by atoms with Gasteiger partial charge in [-0.1, -0.05) is 12.1 Å².